The van der Waals surface area contributed by atoms with E-state index < -0.39 is 0 Å². The van der Waals surface area contributed by atoms with Gasteiger partial charge in [0.2, 0.25) is 0 Å². The molecule has 0 aliphatic carbocycles. The topological polar surface area (TPSA) is 38.5 Å². The Hall–Kier alpha value is -1.06. The van der Waals surface area contributed by atoms with Crippen LogP contribution in [-0.2, 0) is 0 Å². The number of hydrogen-bond acceptors (Lipinski definition) is 3. The van der Waals surface area contributed by atoms with Gasteiger partial charge in [-0.05, 0) is 6.07 Å². The lowest BCUT2D eigenvalue weighted by Gasteiger charge is -2.38. The summed E-state index contributed by atoms with van der Waals surface area (Å²) in [6.45, 7) is 3.99. The van der Waals surface area contributed by atoms with Gasteiger partial charge in [-0.2, -0.15) is 0 Å². The number of nitrogens with zero attached hydrogens (tertiary/aromatic N) is 1. The lowest BCUT2D eigenvalue weighted by Crippen LogP contribution is -2.56. The van der Waals surface area contributed by atoms with Crippen molar-refractivity contribution >= 4 is 0 Å². The maximum absolute atomic E-state index is 5.76. The SMILES string of the molecule is NC1CN(CC2COc3ccccc32)C1. The van der Waals surface area contributed by atoms with Crippen LogP contribution in [0.5, 0.6) is 5.75 Å². The fourth-order valence-corrected chi connectivity index (χ4v) is 2.45. The maximum atomic E-state index is 5.76. The third-order valence-corrected chi connectivity index (χ3v) is 3.26. The second-order valence-corrected chi connectivity index (χ2v) is 4.52. The van der Waals surface area contributed by atoms with E-state index in [0.717, 1.165) is 32.0 Å². The second-order valence-electron chi connectivity index (χ2n) is 4.52. The minimum atomic E-state index is 0.391. The molecule has 15 heavy (non-hydrogen) atoms. The van der Waals surface area contributed by atoms with Crippen molar-refractivity contribution in [1.82, 2.24) is 4.90 Å². The summed E-state index contributed by atoms with van der Waals surface area (Å²) in [5, 5.41) is 0. The van der Waals surface area contributed by atoms with E-state index in [1.165, 1.54) is 5.56 Å². The van der Waals surface area contributed by atoms with Crippen molar-refractivity contribution < 1.29 is 4.74 Å². The number of hydrogen-bond donors (Lipinski definition) is 1. The summed E-state index contributed by atoms with van der Waals surface area (Å²) < 4.78 is 5.65. The number of nitrogens with two attached hydrogens (primary N) is 1. The van der Waals surface area contributed by atoms with Gasteiger partial charge in [-0.25, -0.2) is 0 Å². The molecule has 0 spiro atoms. The highest BCUT2D eigenvalue weighted by molar-refractivity contribution is 5.39. The van der Waals surface area contributed by atoms with Crippen LogP contribution in [-0.4, -0.2) is 37.2 Å². The zero-order valence-corrected chi connectivity index (χ0v) is 8.73. The smallest absolute Gasteiger partial charge is 0.122 e. The summed E-state index contributed by atoms with van der Waals surface area (Å²) in [5.41, 5.74) is 7.12. The molecular weight excluding hydrogens is 188 g/mol. The minimum Gasteiger partial charge on any atom is -0.493 e. The van der Waals surface area contributed by atoms with E-state index in [-0.39, 0.29) is 0 Å². The number of rotatable bonds is 2. The number of ether oxygens (including phenoxy) is 1. The molecule has 1 fully saturated rings. The molecule has 2 aliphatic heterocycles. The Morgan fingerprint density at radius 2 is 2.13 bits per heavy atom. The highest BCUT2D eigenvalue weighted by atomic mass is 16.5. The van der Waals surface area contributed by atoms with Gasteiger partial charge in [0.15, 0.2) is 0 Å². The van der Waals surface area contributed by atoms with Crippen LogP contribution in [0.1, 0.15) is 11.5 Å². The molecule has 1 saturated heterocycles. The van der Waals surface area contributed by atoms with Crippen molar-refractivity contribution in [3.05, 3.63) is 29.8 Å². The molecule has 0 bridgehead atoms. The third-order valence-electron chi connectivity index (χ3n) is 3.26. The van der Waals surface area contributed by atoms with Gasteiger partial charge in [0.05, 0.1) is 6.61 Å². The summed E-state index contributed by atoms with van der Waals surface area (Å²) in [4.78, 5) is 2.40. The van der Waals surface area contributed by atoms with Gasteiger partial charge in [-0.15, -0.1) is 0 Å². The molecule has 1 aromatic carbocycles. The van der Waals surface area contributed by atoms with E-state index in [1.54, 1.807) is 0 Å². The molecule has 1 aromatic rings. The first kappa shape index (κ1) is 9.19. The second kappa shape index (κ2) is 3.51. The summed E-state index contributed by atoms with van der Waals surface area (Å²) in [5.74, 6) is 1.60. The van der Waals surface area contributed by atoms with Gasteiger partial charge in [-0.3, -0.25) is 4.90 Å². The quantitative estimate of drug-likeness (QED) is 0.774. The van der Waals surface area contributed by atoms with Crippen LogP contribution in [0.3, 0.4) is 0 Å². The molecule has 0 amide bonds. The fourth-order valence-electron chi connectivity index (χ4n) is 2.45. The van der Waals surface area contributed by atoms with E-state index in [1.807, 2.05) is 6.07 Å². The molecule has 0 radical (unpaired) electrons. The van der Waals surface area contributed by atoms with Gasteiger partial charge < -0.3 is 10.5 Å². The Balaban J connectivity index is 1.69. The summed E-state index contributed by atoms with van der Waals surface area (Å²) in [6, 6.07) is 8.73. The number of benzene rings is 1. The summed E-state index contributed by atoms with van der Waals surface area (Å²) in [6.07, 6.45) is 0. The van der Waals surface area contributed by atoms with Crippen LogP contribution < -0.4 is 10.5 Å². The van der Waals surface area contributed by atoms with E-state index >= 15 is 0 Å². The van der Waals surface area contributed by atoms with Gasteiger partial charge in [-0.1, -0.05) is 18.2 Å². The monoisotopic (exact) mass is 204 g/mol. The van der Waals surface area contributed by atoms with Crippen LogP contribution in [0.15, 0.2) is 24.3 Å². The molecule has 3 heteroatoms. The van der Waals surface area contributed by atoms with E-state index in [9.17, 15) is 0 Å². The summed E-state index contributed by atoms with van der Waals surface area (Å²) in [7, 11) is 0. The average molecular weight is 204 g/mol. The first-order valence-corrected chi connectivity index (χ1v) is 5.52. The first-order chi connectivity index (χ1) is 7.33. The van der Waals surface area contributed by atoms with Crippen molar-refractivity contribution in [3.8, 4) is 5.75 Å². The highest BCUT2D eigenvalue weighted by Crippen LogP contribution is 2.34. The third kappa shape index (κ3) is 1.62. The van der Waals surface area contributed by atoms with Crippen LogP contribution >= 0.6 is 0 Å². The van der Waals surface area contributed by atoms with Crippen molar-refractivity contribution in [2.45, 2.75) is 12.0 Å². The predicted molar refractivity (Wildman–Crippen MR) is 59.1 cm³/mol. The molecule has 1 atom stereocenters. The molecule has 3 nitrogen and oxygen atoms in total. The number of fused-ring (bicyclic) bond motifs is 1. The van der Waals surface area contributed by atoms with Crippen molar-refractivity contribution in [1.29, 1.82) is 0 Å². The summed E-state index contributed by atoms with van der Waals surface area (Å²) >= 11 is 0. The van der Waals surface area contributed by atoms with Gasteiger partial charge >= 0.3 is 0 Å². The Bertz CT molecular complexity index is 360. The zero-order chi connectivity index (χ0) is 10.3. The molecule has 2 heterocycles. The van der Waals surface area contributed by atoms with Gasteiger partial charge in [0.25, 0.3) is 0 Å². The van der Waals surface area contributed by atoms with Crippen LogP contribution in [0.2, 0.25) is 0 Å². The van der Waals surface area contributed by atoms with Crippen LogP contribution in [0.25, 0.3) is 0 Å². The Morgan fingerprint density at radius 1 is 1.33 bits per heavy atom. The molecule has 2 N–H and O–H groups in total. The molecule has 1 unspecified atom stereocenters. The van der Waals surface area contributed by atoms with Crippen molar-refractivity contribution in [3.63, 3.8) is 0 Å². The largest absolute Gasteiger partial charge is 0.493 e. The van der Waals surface area contributed by atoms with Gasteiger partial charge in [0.1, 0.15) is 5.75 Å². The highest BCUT2D eigenvalue weighted by Gasteiger charge is 2.30. The minimum absolute atomic E-state index is 0.391. The zero-order valence-electron chi connectivity index (χ0n) is 8.73. The lowest BCUT2D eigenvalue weighted by atomic mass is 9.98. The van der Waals surface area contributed by atoms with Crippen LogP contribution in [0.4, 0.5) is 0 Å². The molecular formula is C12H16N2O. The predicted octanol–water partition coefficient (Wildman–Crippen LogP) is 0.805. The maximum Gasteiger partial charge on any atom is 0.122 e. The van der Waals surface area contributed by atoms with Crippen molar-refractivity contribution in [2.24, 2.45) is 5.73 Å². The standard InChI is InChI=1S/C12H16N2O/c13-10-6-14(7-10)5-9-8-15-12-4-2-1-3-11(9)12/h1-4,9-10H,5-8,13H2. The Kier molecular flexibility index (Phi) is 2.15. The Morgan fingerprint density at radius 3 is 2.93 bits per heavy atom. The fraction of sp³-hybridized carbons (Fsp3) is 0.500. The van der Waals surface area contributed by atoms with Crippen LogP contribution in [0, 0.1) is 0 Å². The molecule has 0 aromatic heterocycles. The van der Waals surface area contributed by atoms with Crippen molar-refractivity contribution in [2.75, 3.05) is 26.2 Å². The molecule has 0 saturated carbocycles. The normalized spacial score (nSPS) is 25.8. The average Bonchev–Trinajstić information content (AvgIpc) is 2.60. The number of likely N-dealkylation sites (tertiary alicyclic amines) is 1. The van der Waals surface area contributed by atoms with E-state index in [2.05, 4.69) is 23.1 Å². The molecule has 3 rings (SSSR count). The van der Waals surface area contributed by atoms with E-state index in [4.69, 9.17) is 10.5 Å². The van der Waals surface area contributed by atoms with E-state index in [0.29, 0.717) is 12.0 Å². The van der Waals surface area contributed by atoms with Gasteiger partial charge in [0, 0.05) is 37.2 Å². The lowest BCUT2D eigenvalue weighted by molar-refractivity contribution is 0.135. The molecule has 80 valence electrons. The first-order valence-electron chi connectivity index (χ1n) is 5.52. The number of para-hydroxylation sites is 1. The Labute approximate surface area is 89.8 Å². The molecule has 2 aliphatic rings.